The number of rotatable bonds is 4. The number of aromatic nitrogens is 2. The summed E-state index contributed by atoms with van der Waals surface area (Å²) >= 11 is 0. The summed E-state index contributed by atoms with van der Waals surface area (Å²) in [5.74, 6) is 1.14. The minimum atomic E-state index is -2.84. The Bertz CT molecular complexity index is 681. The molecule has 6 heteroatoms. The van der Waals surface area contributed by atoms with Gasteiger partial charge in [-0.15, -0.1) is 0 Å². The first kappa shape index (κ1) is 14.1. The fourth-order valence-corrected chi connectivity index (χ4v) is 3.89. The molecule has 0 aliphatic carbocycles. The van der Waals surface area contributed by atoms with Gasteiger partial charge in [0.15, 0.2) is 15.6 Å². The number of nitrogens with zero attached hydrogens (tertiary/aromatic N) is 2. The van der Waals surface area contributed by atoms with E-state index < -0.39 is 9.84 Å². The summed E-state index contributed by atoms with van der Waals surface area (Å²) in [6, 6.07) is 10.1. The van der Waals surface area contributed by atoms with Crippen LogP contribution < -0.4 is 4.74 Å². The van der Waals surface area contributed by atoms with E-state index in [-0.39, 0.29) is 17.6 Å². The quantitative estimate of drug-likeness (QED) is 0.865. The third-order valence-corrected chi connectivity index (χ3v) is 5.32. The SMILES string of the molecule is O=S1(=O)CCC(Oc2cnn(Cc3ccccc3)c2)CC1. The van der Waals surface area contributed by atoms with Crippen molar-refractivity contribution in [2.24, 2.45) is 0 Å². The number of sulfone groups is 1. The van der Waals surface area contributed by atoms with Crippen LogP contribution in [0.2, 0.25) is 0 Å². The van der Waals surface area contributed by atoms with Gasteiger partial charge < -0.3 is 4.74 Å². The molecule has 0 saturated carbocycles. The summed E-state index contributed by atoms with van der Waals surface area (Å²) in [4.78, 5) is 0. The van der Waals surface area contributed by atoms with E-state index in [0.717, 1.165) is 0 Å². The van der Waals surface area contributed by atoms with E-state index in [9.17, 15) is 8.42 Å². The molecule has 1 aromatic carbocycles. The molecular weight excluding hydrogens is 288 g/mol. The molecule has 0 bridgehead atoms. The molecule has 1 fully saturated rings. The van der Waals surface area contributed by atoms with Crippen LogP contribution in [0.25, 0.3) is 0 Å². The Morgan fingerprint density at radius 3 is 2.62 bits per heavy atom. The highest BCUT2D eigenvalue weighted by molar-refractivity contribution is 7.91. The van der Waals surface area contributed by atoms with E-state index in [4.69, 9.17) is 4.74 Å². The van der Waals surface area contributed by atoms with Crippen LogP contribution in [0.3, 0.4) is 0 Å². The average molecular weight is 306 g/mol. The molecule has 0 radical (unpaired) electrons. The molecule has 0 atom stereocenters. The van der Waals surface area contributed by atoms with Crippen molar-refractivity contribution in [3.8, 4) is 5.75 Å². The molecular formula is C15H18N2O3S. The van der Waals surface area contributed by atoms with E-state index in [0.29, 0.717) is 25.1 Å². The van der Waals surface area contributed by atoms with Crippen LogP contribution in [0.1, 0.15) is 18.4 Å². The summed E-state index contributed by atoms with van der Waals surface area (Å²) in [6.45, 7) is 0.698. The Hall–Kier alpha value is -1.82. The second-order valence-corrected chi connectivity index (χ2v) is 7.63. The van der Waals surface area contributed by atoms with Gasteiger partial charge in [0.1, 0.15) is 6.10 Å². The molecule has 0 N–H and O–H groups in total. The van der Waals surface area contributed by atoms with Gasteiger partial charge in [0.05, 0.1) is 30.4 Å². The molecule has 1 aliphatic rings. The summed E-state index contributed by atoms with van der Waals surface area (Å²) < 4.78 is 30.4. The predicted molar refractivity (Wildman–Crippen MR) is 80.1 cm³/mol. The van der Waals surface area contributed by atoms with Gasteiger partial charge in [-0.2, -0.15) is 5.10 Å². The van der Waals surface area contributed by atoms with E-state index in [1.165, 1.54) is 5.56 Å². The van der Waals surface area contributed by atoms with E-state index >= 15 is 0 Å². The van der Waals surface area contributed by atoms with Gasteiger partial charge in [0, 0.05) is 0 Å². The van der Waals surface area contributed by atoms with E-state index in [1.54, 1.807) is 6.20 Å². The second-order valence-electron chi connectivity index (χ2n) is 5.33. The van der Waals surface area contributed by atoms with Gasteiger partial charge in [-0.25, -0.2) is 8.42 Å². The Balaban J connectivity index is 1.58. The molecule has 21 heavy (non-hydrogen) atoms. The molecule has 5 nitrogen and oxygen atoms in total. The van der Waals surface area contributed by atoms with E-state index in [2.05, 4.69) is 5.10 Å². The summed E-state index contributed by atoms with van der Waals surface area (Å²) in [6.07, 6.45) is 4.64. The lowest BCUT2D eigenvalue weighted by atomic mass is 10.2. The monoisotopic (exact) mass is 306 g/mol. The molecule has 1 saturated heterocycles. The van der Waals surface area contributed by atoms with Gasteiger partial charge in [-0.1, -0.05) is 30.3 Å². The number of hydrogen-bond donors (Lipinski definition) is 0. The topological polar surface area (TPSA) is 61.2 Å². The van der Waals surface area contributed by atoms with Crippen molar-refractivity contribution in [3.05, 3.63) is 48.3 Å². The van der Waals surface area contributed by atoms with Crippen LogP contribution in [0.15, 0.2) is 42.7 Å². The first-order valence-electron chi connectivity index (χ1n) is 7.04. The summed E-state index contributed by atoms with van der Waals surface area (Å²) in [5.41, 5.74) is 1.18. The van der Waals surface area contributed by atoms with Crippen LogP contribution in [0, 0.1) is 0 Å². The maximum absolute atomic E-state index is 11.4. The van der Waals surface area contributed by atoms with Crippen molar-refractivity contribution in [2.45, 2.75) is 25.5 Å². The highest BCUT2D eigenvalue weighted by Crippen LogP contribution is 2.19. The first-order valence-corrected chi connectivity index (χ1v) is 8.86. The zero-order valence-electron chi connectivity index (χ0n) is 11.7. The van der Waals surface area contributed by atoms with Crippen molar-refractivity contribution in [1.82, 2.24) is 9.78 Å². The highest BCUT2D eigenvalue weighted by atomic mass is 32.2. The highest BCUT2D eigenvalue weighted by Gasteiger charge is 2.25. The molecule has 2 aromatic rings. The maximum atomic E-state index is 11.4. The molecule has 1 aliphatic heterocycles. The minimum absolute atomic E-state index is 0.0251. The van der Waals surface area contributed by atoms with Gasteiger partial charge in [-0.05, 0) is 18.4 Å². The van der Waals surface area contributed by atoms with E-state index in [1.807, 2.05) is 41.2 Å². The van der Waals surface area contributed by atoms with Gasteiger partial charge in [-0.3, -0.25) is 4.68 Å². The number of benzene rings is 1. The molecule has 3 rings (SSSR count). The predicted octanol–water partition coefficient (Wildman–Crippen LogP) is 1.89. The molecule has 1 aromatic heterocycles. The van der Waals surface area contributed by atoms with Crippen molar-refractivity contribution >= 4 is 9.84 Å². The lowest BCUT2D eigenvalue weighted by Gasteiger charge is -2.22. The fourth-order valence-electron chi connectivity index (χ4n) is 2.44. The van der Waals surface area contributed by atoms with Crippen LogP contribution in [0.5, 0.6) is 5.75 Å². The molecule has 112 valence electrons. The molecule has 0 amide bonds. The van der Waals surface area contributed by atoms with Crippen LogP contribution in [-0.2, 0) is 16.4 Å². The Kier molecular flexibility index (Phi) is 3.96. The Labute approximate surface area is 124 Å². The Morgan fingerprint density at radius 2 is 1.90 bits per heavy atom. The normalized spacial score (nSPS) is 18.5. The van der Waals surface area contributed by atoms with Crippen molar-refractivity contribution in [3.63, 3.8) is 0 Å². The molecule has 0 unspecified atom stereocenters. The summed E-state index contributed by atoms with van der Waals surface area (Å²) in [5, 5.41) is 4.28. The smallest absolute Gasteiger partial charge is 0.157 e. The van der Waals surface area contributed by atoms with Gasteiger partial charge in [0.2, 0.25) is 0 Å². The van der Waals surface area contributed by atoms with Gasteiger partial charge >= 0.3 is 0 Å². The average Bonchev–Trinajstić information content (AvgIpc) is 2.90. The van der Waals surface area contributed by atoms with Crippen molar-refractivity contribution < 1.29 is 13.2 Å². The third-order valence-electron chi connectivity index (χ3n) is 3.60. The Morgan fingerprint density at radius 1 is 1.19 bits per heavy atom. The van der Waals surface area contributed by atoms with Crippen molar-refractivity contribution in [2.75, 3.05) is 11.5 Å². The van der Waals surface area contributed by atoms with Crippen LogP contribution in [0.4, 0.5) is 0 Å². The lowest BCUT2D eigenvalue weighted by molar-refractivity contribution is 0.189. The standard InChI is InChI=1S/C15H18N2O3S/c18-21(19)8-6-14(7-9-21)20-15-10-16-17(12-15)11-13-4-2-1-3-5-13/h1-5,10,12,14H,6-9,11H2. The summed E-state index contributed by atoms with van der Waals surface area (Å²) in [7, 11) is -2.84. The zero-order valence-corrected chi connectivity index (χ0v) is 12.5. The number of hydrogen-bond acceptors (Lipinski definition) is 4. The second kappa shape index (κ2) is 5.89. The largest absolute Gasteiger partial charge is 0.487 e. The van der Waals surface area contributed by atoms with Crippen molar-refractivity contribution in [1.29, 1.82) is 0 Å². The molecule has 2 heterocycles. The molecule has 0 spiro atoms. The minimum Gasteiger partial charge on any atom is -0.487 e. The number of ether oxygens (including phenoxy) is 1. The van der Waals surface area contributed by atoms with Crippen LogP contribution in [-0.4, -0.2) is 35.8 Å². The fraction of sp³-hybridized carbons (Fsp3) is 0.400. The third kappa shape index (κ3) is 3.85. The lowest BCUT2D eigenvalue weighted by Crippen LogP contribution is -2.30. The maximum Gasteiger partial charge on any atom is 0.157 e. The van der Waals surface area contributed by atoms with Crippen LogP contribution >= 0.6 is 0 Å². The zero-order chi connectivity index (χ0) is 14.7. The first-order chi connectivity index (χ1) is 10.1. The van der Waals surface area contributed by atoms with Gasteiger partial charge in [0.25, 0.3) is 0 Å².